The highest BCUT2D eigenvalue weighted by atomic mass is 32.2. The van der Waals surface area contributed by atoms with Crippen molar-refractivity contribution in [2.24, 2.45) is 0 Å². The highest BCUT2D eigenvalue weighted by Gasteiger charge is 2.17. The fraction of sp³-hybridized carbons (Fsp3) is 0.0769. The number of aryl methyl sites for hydroxylation is 1. The van der Waals surface area contributed by atoms with E-state index in [1.165, 1.54) is 19.1 Å². The van der Waals surface area contributed by atoms with E-state index in [9.17, 15) is 17.6 Å². The number of pyridine rings is 1. The average Bonchev–Trinajstić information content (AvgIpc) is 2.38. The van der Waals surface area contributed by atoms with Gasteiger partial charge in [-0.25, -0.2) is 22.6 Å². The van der Waals surface area contributed by atoms with Gasteiger partial charge in [-0.2, -0.15) is 0 Å². The molecular formula is C13H11FN2O4S. The highest BCUT2D eigenvalue weighted by molar-refractivity contribution is 7.92. The van der Waals surface area contributed by atoms with Gasteiger partial charge in [0.15, 0.2) is 0 Å². The summed E-state index contributed by atoms with van der Waals surface area (Å²) in [5, 5.41) is 8.71. The van der Waals surface area contributed by atoms with Crippen LogP contribution in [0.25, 0.3) is 0 Å². The Morgan fingerprint density at radius 3 is 2.52 bits per heavy atom. The first-order valence-corrected chi connectivity index (χ1v) is 7.26. The maximum Gasteiger partial charge on any atom is 0.354 e. The van der Waals surface area contributed by atoms with Crippen molar-refractivity contribution < 1.29 is 22.7 Å². The largest absolute Gasteiger partial charge is 0.477 e. The van der Waals surface area contributed by atoms with Crippen LogP contribution in [0.1, 0.15) is 16.1 Å². The van der Waals surface area contributed by atoms with E-state index < -0.39 is 21.8 Å². The Kier molecular flexibility index (Phi) is 3.90. The molecule has 2 aromatic rings. The van der Waals surface area contributed by atoms with Crippen molar-refractivity contribution in [2.75, 3.05) is 4.72 Å². The van der Waals surface area contributed by atoms with Gasteiger partial charge >= 0.3 is 5.97 Å². The number of carboxylic acids is 1. The lowest BCUT2D eigenvalue weighted by Crippen LogP contribution is -2.15. The minimum absolute atomic E-state index is 0.0637. The zero-order valence-electron chi connectivity index (χ0n) is 10.9. The summed E-state index contributed by atoms with van der Waals surface area (Å²) >= 11 is 0. The van der Waals surface area contributed by atoms with E-state index in [2.05, 4.69) is 9.71 Å². The van der Waals surface area contributed by atoms with Crippen LogP contribution in [0.2, 0.25) is 0 Å². The third-order valence-corrected chi connectivity index (χ3v) is 4.20. The van der Waals surface area contributed by atoms with Crippen molar-refractivity contribution in [3.05, 3.63) is 53.6 Å². The number of sulfonamides is 1. The van der Waals surface area contributed by atoms with E-state index in [1.807, 2.05) is 0 Å². The number of aromatic carboxylic acids is 1. The molecule has 2 N–H and O–H groups in total. The molecule has 0 atom stereocenters. The molecule has 21 heavy (non-hydrogen) atoms. The molecule has 110 valence electrons. The Morgan fingerprint density at radius 1 is 1.29 bits per heavy atom. The number of anilines is 1. The summed E-state index contributed by atoms with van der Waals surface area (Å²) in [5.74, 6) is -1.74. The van der Waals surface area contributed by atoms with Crippen LogP contribution in [0.4, 0.5) is 10.1 Å². The molecule has 0 amide bonds. The molecule has 1 heterocycles. The van der Waals surface area contributed by atoms with Crippen molar-refractivity contribution in [3.8, 4) is 0 Å². The molecule has 0 unspecified atom stereocenters. The smallest absolute Gasteiger partial charge is 0.354 e. The Balaban J connectivity index is 2.30. The predicted molar refractivity (Wildman–Crippen MR) is 73.1 cm³/mol. The molecule has 0 aliphatic rings. The summed E-state index contributed by atoms with van der Waals surface area (Å²) in [7, 11) is -3.90. The summed E-state index contributed by atoms with van der Waals surface area (Å²) in [6.45, 7) is 1.48. The third kappa shape index (κ3) is 3.34. The molecule has 0 fully saturated rings. The number of benzene rings is 1. The SMILES string of the molecule is Cc1cc(F)ccc1S(=O)(=O)Nc1ccc(C(=O)O)nc1. The van der Waals surface area contributed by atoms with Gasteiger partial charge in [-0.1, -0.05) is 0 Å². The topological polar surface area (TPSA) is 96.4 Å². The summed E-state index contributed by atoms with van der Waals surface area (Å²) in [4.78, 5) is 14.2. The standard InChI is InChI=1S/C13H11FN2O4S/c1-8-6-9(14)2-5-12(8)21(19,20)16-10-3-4-11(13(17)18)15-7-10/h2-7,16H,1H3,(H,17,18). The quantitative estimate of drug-likeness (QED) is 0.900. The number of carboxylic acid groups (broad SMARTS) is 1. The first kappa shape index (κ1) is 14.9. The van der Waals surface area contributed by atoms with Crippen LogP contribution in [0.5, 0.6) is 0 Å². The van der Waals surface area contributed by atoms with E-state index in [-0.39, 0.29) is 21.8 Å². The van der Waals surface area contributed by atoms with Crippen molar-refractivity contribution in [1.82, 2.24) is 4.98 Å². The molecule has 1 aromatic carbocycles. The van der Waals surface area contributed by atoms with Crippen LogP contribution < -0.4 is 4.72 Å². The van der Waals surface area contributed by atoms with Crippen molar-refractivity contribution in [3.63, 3.8) is 0 Å². The molecule has 8 heteroatoms. The lowest BCUT2D eigenvalue weighted by atomic mass is 10.2. The maximum atomic E-state index is 13.0. The molecule has 0 aliphatic heterocycles. The molecule has 1 aromatic heterocycles. The molecule has 0 spiro atoms. The van der Waals surface area contributed by atoms with Gasteiger partial charge in [0.1, 0.15) is 11.5 Å². The zero-order valence-corrected chi connectivity index (χ0v) is 11.7. The third-order valence-electron chi connectivity index (χ3n) is 2.66. The van der Waals surface area contributed by atoms with E-state index >= 15 is 0 Å². The van der Waals surface area contributed by atoms with Gasteiger partial charge in [-0.3, -0.25) is 4.72 Å². The van der Waals surface area contributed by atoms with Crippen LogP contribution in [0, 0.1) is 12.7 Å². The second-order valence-corrected chi connectivity index (χ2v) is 5.90. The summed E-state index contributed by atoms with van der Waals surface area (Å²) in [6, 6.07) is 5.78. The van der Waals surface area contributed by atoms with Gasteiger partial charge in [0, 0.05) is 0 Å². The van der Waals surface area contributed by atoms with E-state index in [1.54, 1.807) is 0 Å². The van der Waals surface area contributed by atoms with Crippen LogP contribution in [-0.2, 0) is 10.0 Å². The Bertz CT molecular complexity index is 788. The molecule has 0 bridgehead atoms. The van der Waals surface area contributed by atoms with Crippen LogP contribution in [0.3, 0.4) is 0 Å². The fourth-order valence-electron chi connectivity index (χ4n) is 1.71. The maximum absolute atomic E-state index is 13.0. The summed E-state index contributed by atoms with van der Waals surface area (Å²) < 4.78 is 39.6. The van der Waals surface area contributed by atoms with Crippen LogP contribution >= 0.6 is 0 Å². The van der Waals surface area contributed by atoms with Crippen molar-refractivity contribution in [2.45, 2.75) is 11.8 Å². The summed E-state index contributed by atoms with van der Waals surface area (Å²) in [6.07, 6.45) is 1.10. The number of nitrogens with one attached hydrogen (secondary N) is 1. The van der Waals surface area contributed by atoms with Crippen molar-refractivity contribution >= 4 is 21.7 Å². The molecule has 0 aliphatic carbocycles. The number of carbonyl (C=O) groups is 1. The van der Waals surface area contributed by atoms with Crippen molar-refractivity contribution in [1.29, 1.82) is 0 Å². The number of hydrogen-bond donors (Lipinski definition) is 2. The number of hydrogen-bond acceptors (Lipinski definition) is 4. The van der Waals surface area contributed by atoms with Gasteiger partial charge < -0.3 is 5.11 Å². The zero-order chi connectivity index (χ0) is 15.6. The van der Waals surface area contributed by atoms with Crippen LogP contribution in [0.15, 0.2) is 41.4 Å². The minimum atomic E-state index is -3.90. The molecule has 0 radical (unpaired) electrons. The first-order chi connectivity index (χ1) is 9.79. The number of aromatic nitrogens is 1. The van der Waals surface area contributed by atoms with Gasteiger partial charge in [-0.15, -0.1) is 0 Å². The monoisotopic (exact) mass is 310 g/mol. The molecule has 0 saturated heterocycles. The second kappa shape index (κ2) is 5.49. The fourth-order valence-corrected chi connectivity index (χ4v) is 2.98. The van der Waals surface area contributed by atoms with Crippen LogP contribution in [-0.4, -0.2) is 24.5 Å². The first-order valence-electron chi connectivity index (χ1n) is 5.78. The van der Waals surface area contributed by atoms with E-state index in [0.29, 0.717) is 0 Å². The normalized spacial score (nSPS) is 11.1. The van der Waals surface area contributed by atoms with Gasteiger partial charge in [0.05, 0.1) is 16.8 Å². The van der Waals surface area contributed by atoms with Gasteiger partial charge in [-0.05, 0) is 42.8 Å². The van der Waals surface area contributed by atoms with E-state index in [0.717, 1.165) is 24.4 Å². The van der Waals surface area contributed by atoms with Gasteiger partial charge in [0.25, 0.3) is 10.0 Å². The van der Waals surface area contributed by atoms with Gasteiger partial charge in [0.2, 0.25) is 0 Å². The lowest BCUT2D eigenvalue weighted by molar-refractivity contribution is 0.0690. The number of rotatable bonds is 4. The minimum Gasteiger partial charge on any atom is -0.477 e. The molecule has 0 saturated carbocycles. The Hall–Kier alpha value is -2.48. The Labute approximate surface area is 120 Å². The number of nitrogens with zero attached hydrogens (tertiary/aromatic N) is 1. The second-order valence-electron chi connectivity index (χ2n) is 4.25. The predicted octanol–water partition coefficient (Wildman–Crippen LogP) is 2.03. The van der Waals surface area contributed by atoms with E-state index in [4.69, 9.17) is 5.11 Å². The molecular weight excluding hydrogens is 299 g/mol. The molecule has 6 nitrogen and oxygen atoms in total. The lowest BCUT2D eigenvalue weighted by Gasteiger charge is -2.10. The summed E-state index contributed by atoms with van der Waals surface area (Å²) in [5.41, 5.74) is 0.178. The number of halogens is 1. The highest BCUT2D eigenvalue weighted by Crippen LogP contribution is 2.19. The molecule has 2 rings (SSSR count). The Morgan fingerprint density at radius 2 is 2.00 bits per heavy atom. The average molecular weight is 310 g/mol.